The molecule has 1 aromatic carbocycles. The first-order valence-corrected chi connectivity index (χ1v) is 7.01. The minimum atomic E-state index is -1.10. The highest BCUT2D eigenvalue weighted by atomic mass is 16.1. The summed E-state index contributed by atoms with van der Waals surface area (Å²) in [6.45, 7) is 0.480. The molecule has 21 heavy (non-hydrogen) atoms. The van der Waals surface area contributed by atoms with Gasteiger partial charge in [0.25, 0.3) is 0 Å². The van der Waals surface area contributed by atoms with Crippen LogP contribution in [0.2, 0.25) is 0 Å². The lowest BCUT2D eigenvalue weighted by atomic mass is 9.78. The van der Waals surface area contributed by atoms with Gasteiger partial charge in [0.1, 0.15) is 5.41 Å². The monoisotopic (exact) mass is 287 g/mol. The van der Waals surface area contributed by atoms with Crippen LogP contribution >= 0.6 is 0 Å². The first-order valence-electron chi connectivity index (χ1n) is 7.01. The third kappa shape index (κ3) is 2.71. The Bertz CT molecular complexity index is 574. The molecule has 8 N–H and O–H groups in total. The predicted octanol–water partition coefficient (Wildman–Crippen LogP) is 0.0949. The first kappa shape index (κ1) is 15.3. The van der Waals surface area contributed by atoms with Gasteiger partial charge in [0.2, 0.25) is 0 Å². The molecule has 0 fully saturated rings. The zero-order valence-corrected chi connectivity index (χ0v) is 11.9. The van der Waals surface area contributed by atoms with Crippen molar-refractivity contribution in [3.05, 3.63) is 23.3 Å². The summed E-state index contributed by atoms with van der Waals surface area (Å²) in [5.41, 5.74) is 24.6. The van der Waals surface area contributed by atoms with Gasteiger partial charge in [0.15, 0.2) is 5.78 Å². The summed E-state index contributed by atoms with van der Waals surface area (Å²) in [6.07, 6.45) is 1.86. The van der Waals surface area contributed by atoms with Crippen molar-refractivity contribution in [2.75, 3.05) is 18.0 Å². The summed E-state index contributed by atoms with van der Waals surface area (Å²) >= 11 is 0. The summed E-state index contributed by atoms with van der Waals surface area (Å²) in [4.78, 5) is 12.6. The van der Waals surface area contributed by atoms with Crippen LogP contribution in [0.5, 0.6) is 0 Å². The van der Waals surface area contributed by atoms with Crippen LogP contribution in [0.1, 0.15) is 24.0 Å². The summed E-state index contributed by atoms with van der Waals surface area (Å²) in [5, 5.41) is 9.56. The number of hydrogen-bond donors (Lipinski definition) is 4. The maximum atomic E-state index is 12.6. The zero-order chi connectivity index (χ0) is 15.6. The van der Waals surface area contributed by atoms with Gasteiger partial charge in [-0.05, 0) is 55.5 Å². The van der Waals surface area contributed by atoms with Gasteiger partial charge in [-0.25, -0.2) is 0 Å². The van der Waals surface area contributed by atoms with Crippen molar-refractivity contribution in [3.63, 3.8) is 0 Å². The Morgan fingerprint density at radius 2 is 1.81 bits per heavy atom. The minimum Gasteiger partial charge on any atom is -0.397 e. The molecule has 0 saturated heterocycles. The molecule has 0 aromatic heterocycles. The molecule has 0 bridgehead atoms. The molecule has 0 radical (unpaired) electrons. The Hall–Kier alpha value is -2.10. The number of nitrogen functional groups attached to an aromatic ring is 2. The van der Waals surface area contributed by atoms with E-state index in [1.165, 1.54) is 0 Å². The number of benzene rings is 1. The summed E-state index contributed by atoms with van der Waals surface area (Å²) in [6, 6.07) is 5.03. The summed E-state index contributed by atoms with van der Waals surface area (Å²) < 4.78 is 0. The number of Topliss-reactive ketones (excluding diaryl/α,β-unsaturated/α-hetero) is 1. The number of hydrogen-bond acceptors (Lipinski definition) is 6. The highest BCUT2D eigenvalue weighted by Gasteiger charge is 2.46. The van der Waals surface area contributed by atoms with Crippen LogP contribution < -0.4 is 22.9 Å². The Balaban J connectivity index is 2.26. The SMILES string of the molecule is N#CC1(C(=O)C(N)CCCN)Cc2cc(N)c(N)cc2C1. The lowest BCUT2D eigenvalue weighted by Gasteiger charge is -2.22. The molecule has 0 heterocycles. The molecule has 6 heteroatoms. The van der Waals surface area contributed by atoms with E-state index in [0.717, 1.165) is 11.1 Å². The van der Waals surface area contributed by atoms with E-state index < -0.39 is 11.5 Å². The molecule has 1 unspecified atom stereocenters. The average Bonchev–Trinajstić information content (AvgIpc) is 2.83. The van der Waals surface area contributed by atoms with Crippen molar-refractivity contribution in [1.82, 2.24) is 0 Å². The molecule has 0 spiro atoms. The van der Waals surface area contributed by atoms with Crippen molar-refractivity contribution in [2.24, 2.45) is 16.9 Å². The Labute approximate surface area is 124 Å². The van der Waals surface area contributed by atoms with Gasteiger partial charge in [-0.15, -0.1) is 0 Å². The van der Waals surface area contributed by atoms with Gasteiger partial charge in [0.05, 0.1) is 23.5 Å². The molecule has 6 nitrogen and oxygen atoms in total. The van der Waals surface area contributed by atoms with E-state index >= 15 is 0 Å². The van der Waals surface area contributed by atoms with E-state index in [-0.39, 0.29) is 5.78 Å². The van der Waals surface area contributed by atoms with Crippen molar-refractivity contribution in [1.29, 1.82) is 5.26 Å². The molecule has 1 aromatic rings. The molecule has 0 aliphatic heterocycles. The maximum absolute atomic E-state index is 12.6. The molecule has 0 amide bonds. The van der Waals surface area contributed by atoms with Crippen molar-refractivity contribution in [3.8, 4) is 6.07 Å². The molecule has 1 aliphatic carbocycles. The Kier molecular flexibility index (Phi) is 4.16. The molecular formula is C15H21N5O. The number of nitrogens with two attached hydrogens (primary N) is 4. The Morgan fingerprint density at radius 1 is 1.29 bits per heavy atom. The second-order valence-electron chi connectivity index (χ2n) is 5.70. The normalized spacial score (nSPS) is 17.0. The van der Waals surface area contributed by atoms with Crippen LogP contribution in [0.15, 0.2) is 12.1 Å². The van der Waals surface area contributed by atoms with Crippen molar-refractivity contribution >= 4 is 17.2 Å². The molecule has 0 saturated carbocycles. The number of carbonyl (C=O) groups excluding carboxylic acids is 1. The number of nitriles is 1. The molecule has 2 rings (SSSR count). The van der Waals surface area contributed by atoms with Crippen LogP contribution in [0.4, 0.5) is 11.4 Å². The Morgan fingerprint density at radius 3 is 2.24 bits per heavy atom. The van der Waals surface area contributed by atoms with E-state index in [2.05, 4.69) is 6.07 Å². The van der Waals surface area contributed by atoms with E-state index in [1.54, 1.807) is 12.1 Å². The highest BCUT2D eigenvalue weighted by Crippen LogP contribution is 2.40. The van der Waals surface area contributed by atoms with Crippen LogP contribution in [0.25, 0.3) is 0 Å². The number of carbonyl (C=O) groups is 1. The number of nitrogens with zero attached hydrogens (tertiary/aromatic N) is 1. The molecule has 1 atom stereocenters. The molecule has 112 valence electrons. The lowest BCUT2D eigenvalue weighted by molar-refractivity contribution is -0.127. The topological polar surface area (TPSA) is 145 Å². The van der Waals surface area contributed by atoms with E-state index in [1.807, 2.05) is 0 Å². The number of anilines is 2. The van der Waals surface area contributed by atoms with Gasteiger partial charge in [-0.3, -0.25) is 4.79 Å². The molecule has 1 aliphatic rings. The van der Waals surface area contributed by atoms with Crippen LogP contribution in [-0.2, 0) is 17.6 Å². The average molecular weight is 287 g/mol. The van der Waals surface area contributed by atoms with E-state index in [4.69, 9.17) is 22.9 Å². The van der Waals surface area contributed by atoms with Crippen LogP contribution in [0, 0.1) is 16.7 Å². The zero-order valence-electron chi connectivity index (χ0n) is 11.9. The number of ketones is 1. The van der Waals surface area contributed by atoms with Gasteiger partial charge < -0.3 is 22.9 Å². The second kappa shape index (κ2) is 5.72. The quantitative estimate of drug-likeness (QED) is 0.565. The fraction of sp³-hybridized carbons (Fsp3) is 0.467. The summed E-state index contributed by atoms with van der Waals surface area (Å²) in [5.74, 6) is -0.216. The lowest BCUT2D eigenvalue weighted by Crippen LogP contribution is -2.43. The maximum Gasteiger partial charge on any atom is 0.170 e. The van der Waals surface area contributed by atoms with Crippen LogP contribution in [-0.4, -0.2) is 18.4 Å². The van der Waals surface area contributed by atoms with Gasteiger partial charge in [-0.1, -0.05) is 0 Å². The molecular weight excluding hydrogens is 266 g/mol. The van der Waals surface area contributed by atoms with E-state index in [9.17, 15) is 10.1 Å². The second-order valence-corrected chi connectivity index (χ2v) is 5.70. The van der Waals surface area contributed by atoms with Crippen LogP contribution in [0.3, 0.4) is 0 Å². The smallest absolute Gasteiger partial charge is 0.170 e. The van der Waals surface area contributed by atoms with Gasteiger partial charge in [0, 0.05) is 0 Å². The predicted molar refractivity (Wildman–Crippen MR) is 82.0 cm³/mol. The number of fused-ring (bicyclic) bond motifs is 1. The van der Waals surface area contributed by atoms with Gasteiger partial charge >= 0.3 is 0 Å². The van der Waals surface area contributed by atoms with E-state index in [0.29, 0.717) is 43.6 Å². The van der Waals surface area contributed by atoms with Crippen molar-refractivity contribution in [2.45, 2.75) is 31.7 Å². The summed E-state index contributed by atoms with van der Waals surface area (Å²) in [7, 11) is 0. The highest BCUT2D eigenvalue weighted by molar-refractivity contribution is 5.93. The third-order valence-corrected chi connectivity index (χ3v) is 4.13. The van der Waals surface area contributed by atoms with Gasteiger partial charge in [-0.2, -0.15) is 5.26 Å². The first-order chi connectivity index (χ1) is 9.93. The largest absolute Gasteiger partial charge is 0.397 e. The third-order valence-electron chi connectivity index (χ3n) is 4.13. The fourth-order valence-corrected chi connectivity index (χ4v) is 2.90. The number of rotatable bonds is 5. The van der Waals surface area contributed by atoms with Crippen molar-refractivity contribution < 1.29 is 4.79 Å². The minimum absolute atomic E-state index is 0.216. The fourth-order valence-electron chi connectivity index (χ4n) is 2.90. The standard InChI is InChI=1S/C15H21N5O/c16-3-1-2-11(18)14(21)15(8-17)6-9-4-12(19)13(20)5-10(9)7-15/h4-5,11H,1-3,6-7,16,18-20H2.